The van der Waals surface area contributed by atoms with E-state index in [0.717, 1.165) is 0 Å². The van der Waals surface area contributed by atoms with Crippen molar-refractivity contribution in [2.45, 2.75) is 40.0 Å². The zero-order valence-electron chi connectivity index (χ0n) is 16.5. The summed E-state index contributed by atoms with van der Waals surface area (Å²) in [7, 11) is 0. The van der Waals surface area contributed by atoms with Crippen molar-refractivity contribution in [2.24, 2.45) is 5.92 Å². The predicted molar refractivity (Wildman–Crippen MR) is 106 cm³/mol. The van der Waals surface area contributed by atoms with E-state index in [4.69, 9.17) is 9.15 Å². The molecule has 3 aromatic rings. The van der Waals surface area contributed by atoms with Gasteiger partial charge in [-0.2, -0.15) is 5.10 Å². The van der Waals surface area contributed by atoms with Crippen molar-refractivity contribution in [1.29, 1.82) is 0 Å². The molecule has 0 saturated carbocycles. The van der Waals surface area contributed by atoms with Gasteiger partial charge >= 0.3 is 5.97 Å². The number of benzene rings is 1. The number of carbonyl (C=O) groups is 2. The molecule has 8 nitrogen and oxygen atoms in total. The van der Waals surface area contributed by atoms with Crippen molar-refractivity contribution in [1.82, 2.24) is 15.1 Å². The van der Waals surface area contributed by atoms with Gasteiger partial charge in [0.2, 0.25) is 0 Å². The van der Waals surface area contributed by atoms with Gasteiger partial charge in [0.15, 0.2) is 11.8 Å². The first kappa shape index (κ1) is 20.3. The van der Waals surface area contributed by atoms with Gasteiger partial charge in [-0.3, -0.25) is 9.59 Å². The Bertz CT molecular complexity index is 1070. The van der Waals surface area contributed by atoms with E-state index in [1.54, 1.807) is 36.4 Å². The third kappa shape index (κ3) is 4.71. The molecule has 0 aliphatic rings. The Balaban J connectivity index is 1.81. The van der Waals surface area contributed by atoms with Gasteiger partial charge in [0, 0.05) is 11.9 Å². The number of carbonyl (C=O) groups excluding carboxylic acids is 2. The summed E-state index contributed by atoms with van der Waals surface area (Å²) in [6, 6.07) is 10.2. The smallest absolute Gasteiger partial charge is 0.360 e. The van der Waals surface area contributed by atoms with Crippen LogP contribution >= 0.6 is 0 Å². The van der Waals surface area contributed by atoms with Crippen LogP contribution in [0.3, 0.4) is 0 Å². The molecule has 29 heavy (non-hydrogen) atoms. The first-order chi connectivity index (χ1) is 13.9. The lowest BCUT2D eigenvalue weighted by Gasteiger charge is -2.15. The number of nitrogens with zero attached hydrogens (tertiary/aromatic N) is 2. The second-order valence-electron chi connectivity index (χ2n) is 7.12. The molecule has 8 heteroatoms. The van der Waals surface area contributed by atoms with E-state index in [1.165, 1.54) is 17.9 Å². The van der Waals surface area contributed by atoms with Gasteiger partial charge in [-0.15, -0.1) is 0 Å². The van der Waals surface area contributed by atoms with Crippen LogP contribution in [-0.2, 0) is 22.6 Å². The maximum atomic E-state index is 12.8. The van der Waals surface area contributed by atoms with Crippen LogP contribution in [0.25, 0.3) is 10.8 Å². The van der Waals surface area contributed by atoms with Crippen LogP contribution in [0, 0.1) is 5.92 Å². The van der Waals surface area contributed by atoms with Crippen molar-refractivity contribution < 1.29 is 18.7 Å². The normalized spacial score (nSPS) is 12.1. The van der Waals surface area contributed by atoms with Crippen molar-refractivity contribution >= 4 is 22.6 Å². The highest BCUT2D eigenvalue weighted by atomic mass is 16.5. The number of fused-ring (bicyclic) bond motifs is 1. The topological polar surface area (TPSA) is 103 Å². The summed E-state index contributed by atoms with van der Waals surface area (Å²) in [6.07, 6.45) is 0.469. The average Bonchev–Trinajstić information content (AvgIpc) is 3.21. The molecule has 152 valence electrons. The van der Waals surface area contributed by atoms with Gasteiger partial charge in [0.25, 0.3) is 11.5 Å². The lowest BCUT2D eigenvalue weighted by atomic mass is 10.1. The number of amides is 1. The van der Waals surface area contributed by atoms with Crippen LogP contribution in [0.2, 0.25) is 0 Å². The summed E-state index contributed by atoms with van der Waals surface area (Å²) in [4.78, 5) is 37.6. The molecule has 2 heterocycles. The molecule has 0 spiro atoms. The van der Waals surface area contributed by atoms with Crippen molar-refractivity contribution in [3.05, 3.63) is 64.5 Å². The zero-order chi connectivity index (χ0) is 21.0. The Morgan fingerprint density at radius 1 is 1.14 bits per heavy atom. The monoisotopic (exact) mass is 397 g/mol. The van der Waals surface area contributed by atoms with E-state index < -0.39 is 18.0 Å². The van der Waals surface area contributed by atoms with Crippen LogP contribution in [0.5, 0.6) is 0 Å². The molecule has 0 unspecified atom stereocenters. The number of hydrogen-bond acceptors (Lipinski definition) is 6. The second kappa shape index (κ2) is 8.72. The van der Waals surface area contributed by atoms with Gasteiger partial charge in [0.05, 0.1) is 18.2 Å². The van der Waals surface area contributed by atoms with Crippen LogP contribution < -0.4 is 10.9 Å². The van der Waals surface area contributed by atoms with E-state index in [-0.39, 0.29) is 23.7 Å². The molecule has 0 fully saturated rings. The molecule has 0 saturated heterocycles. The van der Waals surface area contributed by atoms with Crippen LogP contribution in [-0.4, -0.2) is 27.8 Å². The number of hydrogen-bond donors (Lipinski definition) is 1. The predicted octanol–water partition coefficient (Wildman–Crippen LogP) is 2.51. The standard InChI is InChI=1S/C21H23N3O5/c1-13(2)12-24-20(26)17-9-5-4-8-16(17)18(23-24)21(27)29-14(3)19(25)22-11-15-7-6-10-28-15/h4-10,13-14H,11-12H2,1-3H3,(H,22,25)/t14-/m0/s1. The van der Waals surface area contributed by atoms with E-state index in [2.05, 4.69) is 10.4 Å². The molecular weight excluding hydrogens is 374 g/mol. The highest BCUT2D eigenvalue weighted by Gasteiger charge is 2.23. The molecule has 1 N–H and O–H groups in total. The number of ether oxygens (including phenoxy) is 1. The summed E-state index contributed by atoms with van der Waals surface area (Å²) in [6.45, 7) is 5.93. The minimum atomic E-state index is -1.04. The molecule has 1 amide bonds. The summed E-state index contributed by atoms with van der Waals surface area (Å²) in [5.41, 5.74) is -0.262. The van der Waals surface area contributed by atoms with Gasteiger partial charge in [-0.25, -0.2) is 9.48 Å². The Kier molecular flexibility index (Phi) is 6.11. The van der Waals surface area contributed by atoms with Gasteiger partial charge in [-0.1, -0.05) is 32.0 Å². The minimum absolute atomic E-state index is 0.00605. The first-order valence-corrected chi connectivity index (χ1v) is 9.37. The van der Waals surface area contributed by atoms with Gasteiger partial charge in [-0.05, 0) is 31.0 Å². The van der Waals surface area contributed by atoms with E-state index in [9.17, 15) is 14.4 Å². The number of rotatable bonds is 7. The highest BCUT2D eigenvalue weighted by Crippen LogP contribution is 2.15. The summed E-state index contributed by atoms with van der Waals surface area (Å²) in [5.74, 6) is -0.476. The first-order valence-electron chi connectivity index (χ1n) is 9.37. The Morgan fingerprint density at radius 2 is 1.86 bits per heavy atom. The SMILES string of the molecule is CC(C)Cn1nc(C(=O)O[C@@H](C)C(=O)NCc2ccco2)c2ccccc2c1=O. The largest absolute Gasteiger partial charge is 0.467 e. The fourth-order valence-electron chi connectivity index (χ4n) is 2.86. The number of esters is 1. The maximum absolute atomic E-state index is 12.8. The molecule has 1 atom stereocenters. The third-order valence-electron chi connectivity index (χ3n) is 4.27. The fraction of sp³-hybridized carbons (Fsp3) is 0.333. The zero-order valence-corrected chi connectivity index (χ0v) is 16.5. The highest BCUT2D eigenvalue weighted by molar-refractivity contribution is 6.02. The molecular formula is C21H23N3O5. The third-order valence-corrected chi connectivity index (χ3v) is 4.27. The quantitative estimate of drug-likeness (QED) is 0.615. The van der Waals surface area contributed by atoms with Crippen LogP contribution in [0.15, 0.2) is 51.9 Å². The van der Waals surface area contributed by atoms with Crippen molar-refractivity contribution in [3.8, 4) is 0 Å². The molecule has 0 aliphatic heterocycles. The van der Waals surface area contributed by atoms with Gasteiger partial charge < -0.3 is 14.5 Å². The van der Waals surface area contributed by atoms with E-state index in [0.29, 0.717) is 23.1 Å². The van der Waals surface area contributed by atoms with E-state index in [1.807, 2.05) is 13.8 Å². The van der Waals surface area contributed by atoms with Crippen LogP contribution in [0.1, 0.15) is 37.0 Å². The Hall–Kier alpha value is -3.42. The molecule has 0 bridgehead atoms. The van der Waals surface area contributed by atoms with Crippen molar-refractivity contribution in [2.75, 3.05) is 0 Å². The second-order valence-corrected chi connectivity index (χ2v) is 7.12. The molecule has 0 radical (unpaired) electrons. The minimum Gasteiger partial charge on any atom is -0.467 e. The maximum Gasteiger partial charge on any atom is 0.360 e. The number of nitrogens with one attached hydrogen (secondary N) is 1. The summed E-state index contributed by atoms with van der Waals surface area (Å²) in [5, 5.41) is 7.64. The molecule has 2 aromatic heterocycles. The number of furan rings is 1. The Morgan fingerprint density at radius 3 is 2.52 bits per heavy atom. The molecule has 0 aliphatic carbocycles. The number of aromatic nitrogens is 2. The van der Waals surface area contributed by atoms with Crippen LogP contribution in [0.4, 0.5) is 0 Å². The fourth-order valence-corrected chi connectivity index (χ4v) is 2.86. The lowest BCUT2D eigenvalue weighted by Crippen LogP contribution is -2.36. The molecule has 1 aromatic carbocycles. The average molecular weight is 397 g/mol. The summed E-state index contributed by atoms with van der Waals surface area (Å²) >= 11 is 0. The molecule has 3 rings (SSSR count). The van der Waals surface area contributed by atoms with Crippen molar-refractivity contribution in [3.63, 3.8) is 0 Å². The van der Waals surface area contributed by atoms with Gasteiger partial charge in [0.1, 0.15) is 5.76 Å². The Labute approximate surface area is 167 Å². The lowest BCUT2D eigenvalue weighted by molar-refractivity contribution is -0.129. The summed E-state index contributed by atoms with van der Waals surface area (Å²) < 4.78 is 11.7. The van der Waals surface area contributed by atoms with E-state index >= 15 is 0 Å².